The maximum atomic E-state index is 13.0. The third-order valence-corrected chi connectivity index (χ3v) is 4.49. The molecule has 4 nitrogen and oxygen atoms in total. The molecule has 2 aromatic rings. The second-order valence-corrected chi connectivity index (χ2v) is 6.90. The summed E-state index contributed by atoms with van der Waals surface area (Å²) in [4.78, 5) is 0. The molecule has 0 spiro atoms. The highest BCUT2D eigenvalue weighted by atomic mass is 35.5. The van der Waals surface area contributed by atoms with E-state index < -0.39 is 11.7 Å². The van der Waals surface area contributed by atoms with Crippen molar-refractivity contribution in [2.75, 3.05) is 18.5 Å². The number of benzene rings is 2. The van der Waals surface area contributed by atoms with Crippen LogP contribution in [-0.2, 0) is 6.18 Å². The minimum Gasteiger partial charge on any atom is -0.490 e. The number of anilines is 1. The molecule has 0 aliphatic heterocycles. The molecule has 0 aliphatic carbocycles. The molecule has 29 heavy (non-hydrogen) atoms. The SMILES string of the molecule is CCOc1ccc([C@@H](C)NC(=S)Nc2ccc(Cl)c(C(F)(F)F)c2)cc1OCC. The molecule has 0 radical (unpaired) electrons. The zero-order valence-electron chi connectivity index (χ0n) is 16.2. The monoisotopic (exact) mass is 446 g/mol. The number of alkyl halides is 3. The fraction of sp³-hybridized carbons (Fsp3) is 0.350. The van der Waals surface area contributed by atoms with Gasteiger partial charge in [0, 0.05) is 5.69 Å². The van der Waals surface area contributed by atoms with Crippen molar-refractivity contribution in [3.63, 3.8) is 0 Å². The number of halogens is 4. The lowest BCUT2D eigenvalue weighted by Gasteiger charge is -2.20. The van der Waals surface area contributed by atoms with Crippen molar-refractivity contribution in [3.8, 4) is 11.5 Å². The first kappa shape index (κ1) is 23.1. The Bertz CT molecular complexity index is 862. The Morgan fingerprint density at radius 2 is 1.72 bits per heavy atom. The van der Waals surface area contributed by atoms with Gasteiger partial charge in [-0.15, -0.1) is 0 Å². The molecular weight excluding hydrogens is 425 g/mol. The summed E-state index contributed by atoms with van der Waals surface area (Å²) in [6.45, 7) is 6.65. The fourth-order valence-corrected chi connectivity index (χ4v) is 3.12. The number of ether oxygens (including phenoxy) is 2. The Balaban J connectivity index is 2.10. The first-order valence-corrected chi connectivity index (χ1v) is 9.78. The van der Waals surface area contributed by atoms with Crippen LogP contribution >= 0.6 is 23.8 Å². The van der Waals surface area contributed by atoms with Crippen LogP contribution in [0.4, 0.5) is 18.9 Å². The van der Waals surface area contributed by atoms with E-state index in [9.17, 15) is 13.2 Å². The van der Waals surface area contributed by atoms with Crippen LogP contribution in [-0.4, -0.2) is 18.3 Å². The van der Waals surface area contributed by atoms with E-state index in [1.807, 2.05) is 39.0 Å². The van der Waals surface area contributed by atoms with Gasteiger partial charge in [0.25, 0.3) is 0 Å². The van der Waals surface area contributed by atoms with Gasteiger partial charge >= 0.3 is 6.18 Å². The summed E-state index contributed by atoms with van der Waals surface area (Å²) in [6.07, 6.45) is -4.55. The van der Waals surface area contributed by atoms with E-state index in [1.54, 1.807) is 0 Å². The number of hydrogen-bond acceptors (Lipinski definition) is 3. The summed E-state index contributed by atoms with van der Waals surface area (Å²) in [5.41, 5.74) is 0.147. The maximum Gasteiger partial charge on any atom is 0.417 e. The van der Waals surface area contributed by atoms with Crippen molar-refractivity contribution in [1.82, 2.24) is 5.32 Å². The van der Waals surface area contributed by atoms with Crippen molar-refractivity contribution < 1.29 is 22.6 Å². The molecule has 9 heteroatoms. The van der Waals surface area contributed by atoms with Crippen LogP contribution in [0.25, 0.3) is 0 Å². The highest BCUT2D eigenvalue weighted by Gasteiger charge is 2.33. The Labute approximate surface area is 178 Å². The van der Waals surface area contributed by atoms with E-state index in [-0.39, 0.29) is 21.9 Å². The van der Waals surface area contributed by atoms with Gasteiger partial charge in [-0.1, -0.05) is 17.7 Å². The molecule has 0 heterocycles. The van der Waals surface area contributed by atoms with Crippen LogP contribution in [0.2, 0.25) is 5.02 Å². The second-order valence-electron chi connectivity index (χ2n) is 6.08. The van der Waals surface area contributed by atoms with E-state index in [4.69, 9.17) is 33.3 Å². The molecule has 2 aromatic carbocycles. The summed E-state index contributed by atoms with van der Waals surface area (Å²) in [5.74, 6) is 1.26. The van der Waals surface area contributed by atoms with Gasteiger partial charge in [-0.05, 0) is 68.9 Å². The molecule has 0 aromatic heterocycles. The van der Waals surface area contributed by atoms with Gasteiger partial charge in [0.1, 0.15) is 0 Å². The molecule has 2 N–H and O–H groups in total. The van der Waals surface area contributed by atoms with Crippen LogP contribution in [0, 0.1) is 0 Å². The molecule has 1 atom stereocenters. The summed E-state index contributed by atoms with van der Waals surface area (Å²) < 4.78 is 50.2. The Morgan fingerprint density at radius 3 is 2.34 bits per heavy atom. The zero-order chi connectivity index (χ0) is 21.6. The molecule has 0 unspecified atom stereocenters. The molecule has 0 bridgehead atoms. The lowest BCUT2D eigenvalue weighted by molar-refractivity contribution is -0.137. The van der Waals surface area contributed by atoms with Gasteiger partial charge in [-0.25, -0.2) is 0 Å². The van der Waals surface area contributed by atoms with Crippen LogP contribution in [0.5, 0.6) is 11.5 Å². The summed E-state index contributed by atoms with van der Waals surface area (Å²) >= 11 is 10.9. The van der Waals surface area contributed by atoms with Gasteiger partial charge in [-0.3, -0.25) is 0 Å². The Morgan fingerprint density at radius 1 is 1.07 bits per heavy atom. The Hall–Kier alpha value is -2.19. The first-order valence-electron chi connectivity index (χ1n) is 8.99. The van der Waals surface area contributed by atoms with Crippen molar-refractivity contribution in [3.05, 3.63) is 52.5 Å². The lowest BCUT2D eigenvalue weighted by atomic mass is 10.1. The standard InChI is InChI=1S/C20H22ClF3N2O2S/c1-4-27-17-9-6-13(10-18(17)28-5-2)12(3)25-19(29)26-14-7-8-16(21)15(11-14)20(22,23)24/h6-12H,4-5H2,1-3H3,(H2,25,26,29)/t12-/m1/s1. The average Bonchev–Trinajstić information content (AvgIpc) is 2.64. The zero-order valence-corrected chi connectivity index (χ0v) is 17.8. The summed E-state index contributed by atoms with van der Waals surface area (Å²) in [5, 5.41) is 5.62. The molecule has 2 rings (SSSR count). The third kappa shape index (κ3) is 6.40. The number of hydrogen-bond donors (Lipinski definition) is 2. The van der Waals surface area contributed by atoms with E-state index >= 15 is 0 Å². The first-order chi connectivity index (χ1) is 13.7. The number of rotatable bonds is 7. The van der Waals surface area contributed by atoms with Crippen LogP contribution in [0.1, 0.15) is 37.9 Å². The largest absolute Gasteiger partial charge is 0.490 e. The van der Waals surface area contributed by atoms with Crippen molar-refractivity contribution >= 4 is 34.6 Å². The van der Waals surface area contributed by atoms with Crippen LogP contribution in [0.3, 0.4) is 0 Å². The summed E-state index contributed by atoms with van der Waals surface area (Å²) in [7, 11) is 0. The van der Waals surface area contributed by atoms with Gasteiger partial charge < -0.3 is 20.1 Å². The van der Waals surface area contributed by atoms with Gasteiger partial charge in [-0.2, -0.15) is 13.2 Å². The molecule has 0 fully saturated rings. The molecular formula is C20H22ClF3N2O2S. The van der Waals surface area contributed by atoms with Crippen molar-refractivity contribution in [2.24, 2.45) is 0 Å². The lowest BCUT2D eigenvalue weighted by Crippen LogP contribution is -2.31. The number of nitrogens with one attached hydrogen (secondary N) is 2. The minimum atomic E-state index is -4.55. The van der Waals surface area contributed by atoms with E-state index in [0.717, 1.165) is 11.6 Å². The summed E-state index contributed by atoms with van der Waals surface area (Å²) in [6, 6.07) is 8.84. The topological polar surface area (TPSA) is 42.5 Å². The van der Waals surface area contributed by atoms with Crippen molar-refractivity contribution in [1.29, 1.82) is 0 Å². The molecule has 0 saturated carbocycles. The number of thiocarbonyl (C=S) groups is 1. The van der Waals surface area contributed by atoms with Gasteiger partial charge in [0.05, 0.1) is 29.8 Å². The maximum absolute atomic E-state index is 13.0. The quantitative estimate of drug-likeness (QED) is 0.495. The predicted octanol–water partition coefficient (Wildman–Crippen LogP) is 6.20. The van der Waals surface area contributed by atoms with E-state index in [0.29, 0.717) is 24.7 Å². The Kier molecular flexibility index (Phi) is 7.98. The average molecular weight is 447 g/mol. The van der Waals surface area contributed by atoms with E-state index in [1.165, 1.54) is 12.1 Å². The minimum absolute atomic E-state index is 0.180. The highest BCUT2D eigenvalue weighted by Crippen LogP contribution is 2.36. The van der Waals surface area contributed by atoms with Crippen molar-refractivity contribution in [2.45, 2.75) is 33.0 Å². The van der Waals surface area contributed by atoms with Gasteiger partial charge in [0.15, 0.2) is 16.6 Å². The normalized spacial score (nSPS) is 12.2. The highest BCUT2D eigenvalue weighted by molar-refractivity contribution is 7.80. The fourth-order valence-electron chi connectivity index (χ4n) is 2.60. The van der Waals surface area contributed by atoms with Gasteiger partial charge in [0.2, 0.25) is 0 Å². The smallest absolute Gasteiger partial charge is 0.417 e. The third-order valence-electron chi connectivity index (χ3n) is 3.94. The molecule has 0 amide bonds. The molecule has 158 valence electrons. The molecule has 0 saturated heterocycles. The van der Waals surface area contributed by atoms with E-state index in [2.05, 4.69) is 10.6 Å². The molecule has 0 aliphatic rings. The predicted molar refractivity (Wildman–Crippen MR) is 113 cm³/mol. The van der Waals surface area contributed by atoms with Crippen LogP contribution < -0.4 is 20.1 Å². The van der Waals surface area contributed by atoms with Crippen LogP contribution in [0.15, 0.2) is 36.4 Å². The second kappa shape index (κ2) is 10.0.